The molecule has 0 saturated heterocycles. The van der Waals surface area contributed by atoms with Crippen LogP contribution in [0.1, 0.15) is 40.0 Å². The van der Waals surface area contributed by atoms with Crippen molar-refractivity contribution in [1.82, 2.24) is 0 Å². The van der Waals surface area contributed by atoms with Crippen LogP contribution in [0.15, 0.2) is 23.3 Å². The monoisotopic (exact) mass is 162 g/mol. The van der Waals surface area contributed by atoms with Crippen molar-refractivity contribution in [2.24, 2.45) is 11.3 Å². The lowest BCUT2D eigenvalue weighted by Crippen LogP contribution is -2.09. The highest BCUT2D eigenvalue weighted by molar-refractivity contribution is 5.40. The smallest absolute Gasteiger partial charge is 0.00184 e. The van der Waals surface area contributed by atoms with E-state index in [1.165, 1.54) is 24.8 Å². The number of hydrogen-bond acceptors (Lipinski definition) is 0. The summed E-state index contributed by atoms with van der Waals surface area (Å²) in [6, 6.07) is 0. The zero-order valence-corrected chi connectivity index (χ0v) is 8.35. The lowest BCUT2D eigenvalue weighted by molar-refractivity contribution is 0.527. The van der Waals surface area contributed by atoms with Crippen LogP contribution >= 0.6 is 0 Å². The van der Waals surface area contributed by atoms with E-state index in [0.717, 1.165) is 5.92 Å². The second-order valence-electron chi connectivity index (χ2n) is 4.25. The van der Waals surface area contributed by atoms with Crippen LogP contribution in [0.4, 0.5) is 0 Å². The Bertz CT molecular complexity index is 257. The molecule has 0 radical (unpaired) electrons. The van der Waals surface area contributed by atoms with Gasteiger partial charge in [-0.3, -0.25) is 0 Å². The van der Waals surface area contributed by atoms with Crippen LogP contribution in [0.5, 0.6) is 0 Å². The fourth-order valence-electron chi connectivity index (χ4n) is 2.79. The van der Waals surface area contributed by atoms with E-state index < -0.39 is 0 Å². The second kappa shape index (κ2) is 2.48. The molecule has 0 aliphatic heterocycles. The van der Waals surface area contributed by atoms with Crippen molar-refractivity contribution in [3.8, 4) is 0 Å². The fraction of sp³-hybridized carbons (Fsp3) is 0.667. The van der Waals surface area contributed by atoms with Gasteiger partial charge in [0, 0.05) is 0 Å². The largest absolute Gasteiger partial charge is 0.0776 e. The summed E-state index contributed by atoms with van der Waals surface area (Å²) >= 11 is 0. The van der Waals surface area contributed by atoms with Crippen molar-refractivity contribution in [2.45, 2.75) is 40.0 Å². The molecule has 0 aromatic rings. The van der Waals surface area contributed by atoms with Gasteiger partial charge in [0.05, 0.1) is 0 Å². The molecule has 0 bridgehead atoms. The summed E-state index contributed by atoms with van der Waals surface area (Å²) < 4.78 is 0. The quantitative estimate of drug-likeness (QED) is 0.580. The van der Waals surface area contributed by atoms with Gasteiger partial charge in [0.1, 0.15) is 0 Å². The Hall–Kier alpha value is -0.520. The van der Waals surface area contributed by atoms with Gasteiger partial charge in [-0.15, -0.1) is 0 Å². The standard InChI is InChI=1S/C12H18/c1-4-10-6-9(3)7-11-8-12(10,11)5-2/h6-7,11H,4-5,8H2,1-3H3. The maximum absolute atomic E-state index is 2.46. The van der Waals surface area contributed by atoms with E-state index >= 15 is 0 Å². The molecule has 0 amide bonds. The summed E-state index contributed by atoms with van der Waals surface area (Å²) in [6.45, 7) is 6.85. The highest BCUT2D eigenvalue weighted by atomic mass is 14.6. The summed E-state index contributed by atoms with van der Waals surface area (Å²) in [5.41, 5.74) is 3.81. The Balaban J connectivity index is 2.31. The fourth-order valence-corrected chi connectivity index (χ4v) is 2.79. The lowest BCUT2D eigenvalue weighted by Gasteiger charge is -2.21. The summed E-state index contributed by atoms with van der Waals surface area (Å²) in [5.74, 6) is 0.891. The van der Waals surface area contributed by atoms with Crippen LogP contribution in [-0.2, 0) is 0 Å². The first kappa shape index (κ1) is 8.10. The van der Waals surface area contributed by atoms with E-state index in [1.54, 1.807) is 5.57 Å². The van der Waals surface area contributed by atoms with Crippen LogP contribution in [0.2, 0.25) is 0 Å². The highest BCUT2D eigenvalue weighted by Gasteiger charge is 2.54. The topological polar surface area (TPSA) is 0 Å². The first-order chi connectivity index (χ1) is 5.73. The third kappa shape index (κ3) is 0.903. The third-order valence-electron chi connectivity index (χ3n) is 3.65. The summed E-state index contributed by atoms with van der Waals surface area (Å²) in [5, 5.41) is 0. The average Bonchev–Trinajstić information content (AvgIpc) is 2.77. The number of allylic oxidation sites excluding steroid dienone is 4. The van der Waals surface area contributed by atoms with Gasteiger partial charge < -0.3 is 0 Å². The Morgan fingerprint density at radius 1 is 1.50 bits per heavy atom. The number of fused-ring (bicyclic) bond motifs is 1. The van der Waals surface area contributed by atoms with Crippen LogP contribution in [-0.4, -0.2) is 0 Å². The molecule has 12 heavy (non-hydrogen) atoms. The van der Waals surface area contributed by atoms with Crippen LogP contribution in [0.25, 0.3) is 0 Å². The summed E-state index contributed by atoms with van der Waals surface area (Å²) in [6.07, 6.45) is 8.87. The van der Waals surface area contributed by atoms with Gasteiger partial charge >= 0.3 is 0 Å². The number of rotatable bonds is 2. The normalized spacial score (nSPS) is 38.4. The first-order valence-electron chi connectivity index (χ1n) is 5.12. The first-order valence-corrected chi connectivity index (χ1v) is 5.12. The van der Waals surface area contributed by atoms with Gasteiger partial charge in [-0.05, 0) is 37.5 Å². The molecule has 0 heterocycles. The molecule has 0 aromatic carbocycles. The van der Waals surface area contributed by atoms with E-state index in [4.69, 9.17) is 0 Å². The SMILES string of the molecule is CCC1=CC(C)=CC2CC12CC. The average molecular weight is 162 g/mol. The minimum atomic E-state index is 0.619. The zero-order valence-electron chi connectivity index (χ0n) is 8.35. The van der Waals surface area contributed by atoms with Crippen LogP contribution in [0.3, 0.4) is 0 Å². The van der Waals surface area contributed by atoms with E-state index in [-0.39, 0.29) is 0 Å². The van der Waals surface area contributed by atoms with Crippen molar-refractivity contribution in [1.29, 1.82) is 0 Å². The second-order valence-corrected chi connectivity index (χ2v) is 4.25. The molecule has 1 saturated carbocycles. The predicted octanol–water partition coefficient (Wildman–Crippen LogP) is 3.70. The molecule has 0 aromatic heterocycles. The van der Waals surface area contributed by atoms with Crippen LogP contribution < -0.4 is 0 Å². The number of hydrogen-bond donors (Lipinski definition) is 0. The van der Waals surface area contributed by atoms with Gasteiger partial charge in [0.25, 0.3) is 0 Å². The molecule has 2 rings (SSSR count). The van der Waals surface area contributed by atoms with Crippen molar-refractivity contribution < 1.29 is 0 Å². The minimum Gasteiger partial charge on any atom is -0.0776 e. The molecule has 66 valence electrons. The van der Waals surface area contributed by atoms with E-state index in [0.29, 0.717) is 5.41 Å². The van der Waals surface area contributed by atoms with Gasteiger partial charge in [-0.25, -0.2) is 0 Å². The van der Waals surface area contributed by atoms with E-state index in [1.807, 2.05) is 0 Å². The molecule has 0 nitrogen and oxygen atoms in total. The van der Waals surface area contributed by atoms with Gasteiger partial charge in [0.2, 0.25) is 0 Å². The summed E-state index contributed by atoms with van der Waals surface area (Å²) in [4.78, 5) is 0. The molecule has 0 N–H and O–H groups in total. The molecule has 2 aliphatic rings. The molecule has 0 heteroatoms. The van der Waals surface area contributed by atoms with E-state index in [2.05, 4.69) is 32.9 Å². The molecule has 2 atom stereocenters. The molecule has 2 aliphatic carbocycles. The van der Waals surface area contributed by atoms with Crippen molar-refractivity contribution in [3.05, 3.63) is 23.3 Å². The van der Waals surface area contributed by atoms with Gasteiger partial charge in [-0.2, -0.15) is 0 Å². The maximum Gasteiger partial charge on any atom is -0.00184 e. The maximum atomic E-state index is 2.46. The van der Waals surface area contributed by atoms with Crippen molar-refractivity contribution >= 4 is 0 Å². The Morgan fingerprint density at radius 2 is 2.25 bits per heavy atom. The zero-order chi connectivity index (χ0) is 8.77. The Kier molecular flexibility index (Phi) is 1.67. The van der Waals surface area contributed by atoms with Gasteiger partial charge in [-0.1, -0.05) is 37.1 Å². The molecular weight excluding hydrogens is 144 g/mol. The molecule has 1 fully saturated rings. The molecular formula is C12H18. The third-order valence-corrected chi connectivity index (χ3v) is 3.65. The highest BCUT2D eigenvalue weighted by Crippen LogP contribution is 2.63. The summed E-state index contributed by atoms with van der Waals surface area (Å²) in [7, 11) is 0. The Labute approximate surface area is 75.4 Å². The molecule has 2 unspecified atom stereocenters. The molecule has 0 spiro atoms. The Morgan fingerprint density at radius 3 is 2.83 bits per heavy atom. The van der Waals surface area contributed by atoms with Crippen molar-refractivity contribution in [2.75, 3.05) is 0 Å². The van der Waals surface area contributed by atoms with Crippen molar-refractivity contribution in [3.63, 3.8) is 0 Å². The van der Waals surface area contributed by atoms with E-state index in [9.17, 15) is 0 Å². The minimum absolute atomic E-state index is 0.619. The van der Waals surface area contributed by atoms with Gasteiger partial charge in [0.15, 0.2) is 0 Å². The predicted molar refractivity (Wildman–Crippen MR) is 53.0 cm³/mol. The lowest BCUT2D eigenvalue weighted by atomic mass is 9.84. The van der Waals surface area contributed by atoms with Crippen LogP contribution in [0, 0.1) is 11.3 Å².